The lowest BCUT2D eigenvalue weighted by molar-refractivity contribution is 0.0732. The van der Waals surface area contributed by atoms with E-state index in [1.165, 1.54) is 18.7 Å². The highest BCUT2D eigenvalue weighted by Crippen LogP contribution is 2.29. The number of aromatic nitrogens is 2. The predicted molar refractivity (Wildman–Crippen MR) is 70.5 cm³/mol. The van der Waals surface area contributed by atoms with E-state index in [-0.39, 0.29) is 0 Å². The minimum atomic E-state index is -0.468. The van der Waals surface area contributed by atoms with Gasteiger partial charge in [-0.3, -0.25) is 0 Å². The van der Waals surface area contributed by atoms with Gasteiger partial charge in [0.15, 0.2) is 0 Å². The van der Waals surface area contributed by atoms with E-state index in [1.807, 2.05) is 19.1 Å². The van der Waals surface area contributed by atoms with E-state index in [4.69, 9.17) is 4.74 Å². The van der Waals surface area contributed by atoms with Gasteiger partial charge in [-0.15, -0.1) is 0 Å². The molecule has 2 aromatic rings. The zero-order valence-electron chi connectivity index (χ0n) is 9.76. The third-order valence-electron chi connectivity index (χ3n) is 2.42. The first-order valence-corrected chi connectivity index (χ1v) is 6.26. The van der Waals surface area contributed by atoms with E-state index in [0.29, 0.717) is 11.3 Å². The average Bonchev–Trinajstić information content (AvgIpc) is 2.42. The smallest absolute Gasteiger partial charge is 0.346 e. The predicted octanol–water partition coefficient (Wildman–Crippen LogP) is 3.02. The quantitative estimate of drug-likeness (QED) is 0.646. The molecule has 0 aliphatic heterocycles. The van der Waals surface area contributed by atoms with Crippen LogP contribution in [0.5, 0.6) is 5.75 Å². The number of ether oxygens (including phenoxy) is 1. The lowest BCUT2D eigenvalue weighted by Crippen LogP contribution is -2.09. The number of halogens is 1. The average molecular weight is 307 g/mol. The number of carbonyl (C=O) groups is 1. The second-order valence-electron chi connectivity index (χ2n) is 3.60. The first-order chi connectivity index (χ1) is 8.72. The molecule has 0 saturated carbocycles. The Hall–Kier alpha value is -1.75. The molecule has 1 heterocycles. The van der Waals surface area contributed by atoms with Crippen LogP contribution in [-0.4, -0.2) is 15.9 Å². The van der Waals surface area contributed by atoms with Crippen molar-refractivity contribution in [3.63, 3.8) is 0 Å². The molecule has 0 amide bonds. The molecule has 0 spiro atoms. The molecule has 1 aromatic heterocycles. The van der Waals surface area contributed by atoms with Gasteiger partial charge in [-0.2, -0.15) is 0 Å². The first kappa shape index (κ1) is 12.7. The van der Waals surface area contributed by atoms with Gasteiger partial charge in [-0.1, -0.05) is 19.1 Å². The third-order valence-corrected chi connectivity index (χ3v) is 3.32. The number of aryl methyl sites for hydroxylation is 1. The van der Waals surface area contributed by atoms with E-state index in [1.54, 1.807) is 6.07 Å². The number of benzene rings is 1. The fourth-order valence-corrected chi connectivity index (χ4v) is 2.10. The Morgan fingerprint density at radius 3 is 2.72 bits per heavy atom. The Kier molecular flexibility index (Phi) is 4.04. The Morgan fingerprint density at radius 2 is 2.06 bits per heavy atom. The maximum absolute atomic E-state index is 11.8. The number of hydrogen-bond acceptors (Lipinski definition) is 4. The van der Waals surface area contributed by atoms with Crippen molar-refractivity contribution in [2.45, 2.75) is 13.3 Å². The highest BCUT2D eigenvalue weighted by atomic mass is 79.9. The van der Waals surface area contributed by atoms with E-state index in [0.717, 1.165) is 16.5 Å². The van der Waals surface area contributed by atoms with Crippen molar-refractivity contribution in [2.24, 2.45) is 0 Å². The van der Waals surface area contributed by atoms with Crippen molar-refractivity contribution >= 4 is 21.9 Å². The van der Waals surface area contributed by atoms with Crippen molar-refractivity contribution in [1.82, 2.24) is 9.97 Å². The van der Waals surface area contributed by atoms with E-state index in [9.17, 15) is 4.79 Å². The molecule has 0 aliphatic rings. The van der Waals surface area contributed by atoms with Crippen molar-refractivity contribution < 1.29 is 9.53 Å². The molecular formula is C13H11BrN2O2. The van der Waals surface area contributed by atoms with Crippen molar-refractivity contribution in [1.29, 1.82) is 0 Å². The van der Waals surface area contributed by atoms with E-state index in [2.05, 4.69) is 25.9 Å². The van der Waals surface area contributed by atoms with Crippen LogP contribution in [0.1, 0.15) is 22.8 Å². The zero-order chi connectivity index (χ0) is 13.0. The normalized spacial score (nSPS) is 10.1. The molecule has 0 N–H and O–H groups in total. The van der Waals surface area contributed by atoms with E-state index < -0.39 is 5.97 Å². The molecule has 0 aliphatic carbocycles. The summed E-state index contributed by atoms with van der Waals surface area (Å²) in [6, 6.07) is 5.58. The second kappa shape index (κ2) is 5.73. The molecular weight excluding hydrogens is 296 g/mol. The molecule has 0 atom stereocenters. The van der Waals surface area contributed by atoms with Crippen molar-refractivity contribution in [3.05, 3.63) is 52.5 Å². The summed E-state index contributed by atoms with van der Waals surface area (Å²) in [6.07, 6.45) is 5.07. The standard InChI is InChI=1S/C13H11BrN2O2/c1-2-9-4-3-5-11(12(9)14)18-13(17)10-6-15-8-16-7-10/h3-8H,2H2,1H3. The number of nitrogens with zero attached hydrogens (tertiary/aromatic N) is 2. The fourth-order valence-electron chi connectivity index (χ4n) is 1.47. The fraction of sp³-hybridized carbons (Fsp3) is 0.154. The molecule has 0 bridgehead atoms. The molecule has 18 heavy (non-hydrogen) atoms. The molecule has 2 rings (SSSR count). The van der Waals surface area contributed by atoms with E-state index >= 15 is 0 Å². The van der Waals surface area contributed by atoms with Crippen LogP contribution >= 0.6 is 15.9 Å². The van der Waals surface area contributed by atoms with Gasteiger partial charge in [0.1, 0.15) is 12.1 Å². The van der Waals surface area contributed by atoms with Crippen LogP contribution in [-0.2, 0) is 6.42 Å². The van der Waals surface area contributed by atoms with Gasteiger partial charge < -0.3 is 4.74 Å². The molecule has 0 saturated heterocycles. The summed E-state index contributed by atoms with van der Waals surface area (Å²) in [5, 5.41) is 0. The highest BCUT2D eigenvalue weighted by molar-refractivity contribution is 9.10. The van der Waals surface area contributed by atoms with Gasteiger partial charge in [-0.05, 0) is 34.0 Å². The van der Waals surface area contributed by atoms with Gasteiger partial charge in [0.2, 0.25) is 0 Å². The molecule has 0 fully saturated rings. The Labute approximate surface area is 113 Å². The lowest BCUT2D eigenvalue weighted by Gasteiger charge is -2.08. The Balaban J connectivity index is 2.22. The summed E-state index contributed by atoms with van der Waals surface area (Å²) < 4.78 is 6.11. The summed E-state index contributed by atoms with van der Waals surface area (Å²) in [7, 11) is 0. The van der Waals surface area contributed by atoms with Crippen LogP contribution in [0.15, 0.2) is 41.4 Å². The SMILES string of the molecule is CCc1cccc(OC(=O)c2cncnc2)c1Br. The number of hydrogen-bond donors (Lipinski definition) is 0. The number of rotatable bonds is 3. The number of carbonyl (C=O) groups excluding carboxylic acids is 1. The molecule has 0 radical (unpaired) electrons. The van der Waals surface area contributed by atoms with Crippen LogP contribution < -0.4 is 4.74 Å². The highest BCUT2D eigenvalue weighted by Gasteiger charge is 2.12. The molecule has 1 aromatic carbocycles. The van der Waals surface area contributed by atoms with Crippen molar-refractivity contribution in [2.75, 3.05) is 0 Å². The monoisotopic (exact) mass is 306 g/mol. The maximum Gasteiger partial charge on any atom is 0.346 e. The second-order valence-corrected chi connectivity index (χ2v) is 4.39. The van der Waals surface area contributed by atoms with Crippen LogP contribution in [0.4, 0.5) is 0 Å². The Bertz CT molecular complexity index is 558. The lowest BCUT2D eigenvalue weighted by atomic mass is 10.2. The first-order valence-electron chi connectivity index (χ1n) is 5.47. The number of esters is 1. The van der Waals surface area contributed by atoms with Crippen LogP contribution in [0.25, 0.3) is 0 Å². The van der Waals surface area contributed by atoms with Gasteiger partial charge in [0.25, 0.3) is 0 Å². The summed E-state index contributed by atoms with van der Waals surface area (Å²) in [6.45, 7) is 2.04. The minimum Gasteiger partial charge on any atom is -0.422 e. The molecule has 5 heteroatoms. The maximum atomic E-state index is 11.8. The molecule has 0 unspecified atom stereocenters. The van der Waals surface area contributed by atoms with Gasteiger partial charge in [0, 0.05) is 12.4 Å². The molecule has 92 valence electrons. The largest absolute Gasteiger partial charge is 0.422 e. The Morgan fingerprint density at radius 1 is 1.33 bits per heavy atom. The summed E-state index contributed by atoms with van der Waals surface area (Å²) in [5.74, 6) is 0.0350. The summed E-state index contributed by atoms with van der Waals surface area (Å²) in [5.41, 5.74) is 1.41. The summed E-state index contributed by atoms with van der Waals surface area (Å²) in [4.78, 5) is 19.4. The van der Waals surface area contributed by atoms with Gasteiger partial charge in [-0.25, -0.2) is 14.8 Å². The molecule has 4 nitrogen and oxygen atoms in total. The topological polar surface area (TPSA) is 52.1 Å². The van der Waals surface area contributed by atoms with Crippen LogP contribution in [0.3, 0.4) is 0 Å². The van der Waals surface area contributed by atoms with Gasteiger partial charge in [0.05, 0.1) is 10.0 Å². The van der Waals surface area contributed by atoms with Crippen LogP contribution in [0.2, 0.25) is 0 Å². The van der Waals surface area contributed by atoms with Gasteiger partial charge >= 0.3 is 5.97 Å². The third kappa shape index (κ3) is 2.73. The van der Waals surface area contributed by atoms with Crippen molar-refractivity contribution in [3.8, 4) is 5.75 Å². The minimum absolute atomic E-state index is 0.325. The summed E-state index contributed by atoms with van der Waals surface area (Å²) >= 11 is 3.43. The van der Waals surface area contributed by atoms with Crippen LogP contribution in [0, 0.1) is 0 Å². The zero-order valence-corrected chi connectivity index (χ0v) is 11.3.